The van der Waals surface area contributed by atoms with Gasteiger partial charge in [-0.3, -0.25) is 4.79 Å². The maximum atomic E-state index is 12.4. The number of sulfonamides is 1. The van der Waals surface area contributed by atoms with E-state index in [-0.39, 0.29) is 17.7 Å². The number of carbonyl (C=O) groups is 1. The highest BCUT2D eigenvalue weighted by Gasteiger charge is 2.25. The average Bonchev–Trinajstić information content (AvgIpc) is 3.24. The monoisotopic (exact) mass is 416 g/mol. The summed E-state index contributed by atoms with van der Waals surface area (Å²) in [6.45, 7) is 5.46. The molecule has 6 nitrogen and oxygen atoms in total. The van der Waals surface area contributed by atoms with Crippen LogP contribution < -0.4 is 10.1 Å². The van der Waals surface area contributed by atoms with E-state index in [9.17, 15) is 13.2 Å². The summed E-state index contributed by atoms with van der Waals surface area (Å²) in [7, 11) is -3.29. The number of hydrogen-bond donors (Lipinski definition) is 1. The topological polar surface area (TPSA) is 75.7 Å². The van der Waals surface area contributed by atoms with E-state index in [0.717, 1.165) is 24.2 Å². The van der Waals surface area contributed by atoms with Gasteiger partial charge in [-0.15, -0.1) is 0 Å². The van der Waals surface area contributed by atoms with Gasteiger partial charge in [0.1, 0.15) is 12.4 Å². The summed E-state index contributed by atoms with van der Waals surface area (Å²) >= 11 is 0. The molecule has 0 aliphatic carbocycles. The van der Waals surface area contributed by atoms with E-state index in [1.165, 1.54) is 0 Å². The van der Waals surface area contributed by atoms with Crippen molar-refractivity contribution in [1.82, 2.24) is 9.62 Å². The van der Waals surface area contributed by atoms with E-state index in [0.29, 0.717) is 30.8 Å². The Morgan fingerprint density at radius 3 is 2.31 bits per heavy atom. The first-order valence-corrected chi connectivity index (χ1v) is 11.5. The predicted octanol–water partition coefficient (Wildman–Crippen LogP) is 3.12. The van der Waals surface area contributed by atoms with Crippen molar-refractivity contribution in [2.45, 2.75) is 38.5 Å². The molecule has 1 amide bonds. The smallest absolute Gasteiger partial charge is 0.251 e. The van der Waals surface area contributed by atoms with Gasteiger partial charge in [0, 0.05) is 18.7 Å². The molecule has 1 aliphatic rings. The molecule has 1 N–H and O–H groups in total. The molecule has 1 fully saturated rings. The van der Waals surface area contributed by atoms with Crippen molar-refractivity contribution in [2.75, 3.05) is 19.7 Å². The van der Waals surface area contributed by atoms with Gasteiger partial charge in [0.2, 0.25) is 10.0 Å². The molecule has 1 saturated heterocycles. The van der Waals surface area contributed by atoms with Crippen molar-refractivity contribution in [3.63, 3.8) is 0 Å². The second-order valence-corrected chi connectivity index (χ2v) is 9.53. The Balaban J connectivity index is 1.51. The summed E-state index contributed by atoms with van der Waals surface area (Å²) in [5.41, 5.74) is 2.34. The summed E-state index contributed by atoms with van der Waals surface area (Å²) in [6, 6.07) is 14.3. The van der Waals surface area contributed by atoms with Crippen LogP contribution in [0.5, 0.6) is 5.75 Å². The molecular weight excluding hydrogens is 388 g/mol. The van der Waals surface area contributed by atoms with E-state index in [2.05, 4.69) is 5.32 Å². The van der Waals surface area contributed by atoms with Crippen LogP contribution in [0.4, 0.5) is 0 Å². The number of rotatable bonds is 8. The van der Waals surface area contributed by atoms with Gasteiger partial charge in [0.05, 0.1) is 11.8 Å². The van der Waals surface area contributed by atoms with Crippen molar-refractivity contribution in [2.24, 2.45) is 0 Å². The van der Waals surface area contributed by atoms with Crippen LogP contribution in [0.1, 0.15) is 41.3 Å². The van der Waals surface area contributed by atoms with Gasteiger partial charge in [0.15, 0.2) is 0 Å². The molecule has 0 spiro atoms. The molecule has 0 aromatic heterocycles. The minimum atomic E-state index is -3.29. The van der Waals surface area contributed by atoms with Gasteiger partial charge in [-0.2, -0.15) is 0 Å². The molecule has 0 bridgehead atoms. The van der Waals surface area contributed by atoms with E-state index < -0.39 is 10.0 Å². The first-order valence-electron chi connectivity index (χ1n) is 9.90. The molecule has 2 aromatic rings. The third-order valence-electron chi connectivity index (χ3n) is 4.92. The molecule has 1 aliphatic heterocycles. The van der Waals surface area contributed by atoms with Gasteiger partial charge in [-0.25, -0.2) is 12.7 Å². The lowest BCUT2D eigenvalue weighted by atomic mass is 10.1. The third kappa shape index (κ3) is 6.05. The molecule has 3 rings (SSSR count). The highest BCUT2D eigenvalue weighted by molar-refractivity contribution is 7.88. The number of nitrogens with zero attached hydrogens (tertiary/aromatic N) is 1. The summed E-state index contributed by atoms with van der Waals surface area (Å²) in [5.74, 6) is 0.523. The van der Waals surface area contributed by atoms with Gasteiger partial charge in [-0.1, -0.05) is 29.8 Å². The number of hydrogen-bond acceptors (Lipinski definition) is 4. The molecule has 1 unspecified atom stereocenters. The second-order valence-electron chi connectivity index (χ2n) is 7.56. The van der Waals surface area contributed by atoms with Crippen LogP contribution in [-0.4, -0.2) is 44.4 Å². The van der Waals surface area contributed by atoms with Gasteiger partial charge in [0.25, 0.3) is 5.91 Å². The number of benzene rings is 2. The molecular formula is C22H28N2O4S. The standard InChI is InChI=1S/C22H28N2O4S/c1-17-5-11-21(12-6-17)28-15-18(2)23-22(25)20-9-7-19(8-10-20)16-29(26,27)24-13-3-4-14-24/h5-12,18H,3-4,13-16H2,1-2H3,(H,23,25). The van der Waals surface area contributed by atoms with Gasteiger partial charge >= 0.3 is 0 Å². The largest absolute Gasteiger partial charge is 0.491 e. The maximum absolute atomic E-state index is 12.4. The second kappa shape index (κ2) is 9.41. The van der Waals surface area contributed by atoms with Crippen LogP contribution in [0.2, 0.25) is 0 Å². The lowest BCUT2D eigenvalue weighted by molar-refractivity contribution is 0.0926. The van der Waals surface area contributed by atoms with E-state index in [1.807, 2.05) is 38.1 Å². The van der Waals surface area contributed by atoms with E-state index in [4.69, 9.17) is 4.74 Å². The Morgan fingerprint density at radius 1 is 1.07 bits per heavy atom. The summed E-state index contributed by atoms with van der Waals surface area (Å²) in [4.78, 5) is 12.4. The van der Waals surface area contributed by atoms with Crippen molar-refractivity contribution in [1.29, 1.82) is 0 Å². The molecule has 7 heteroatoms. The lowest BCUT2D eigenvalue weighted by Gasteiger charge is -2.16. The third-order valence-corrected chi connectivity index (χ3v) is 6.77. The molecule has 156 valence electrons. The molecule has 1 heterocycles. The normalized spacial score (nSPS) is 15.8. The Hall–Kier alpha value is -2.38. The first-order chi connectivity index (χ1) is 13.8. The number of aryl methyl sites for hydroxylation is 1. The minimum absolute atomic E-state index is 0.0321. The van der Waals surface area contributed by atoms with Crippen molar-refractivity contribution < 1.29 is 17.9 Å². The SMILES string of the molecule is Cc1ccc(OCC(C)NC(=O)c2ccc(CS(=O)(=O)N3CCCC3)cc2)cc1. The Morgan fingerprint density at radius 2 is 1.69 bits per heavy atom. The summed E-state index contributed by atoms with van der Waals surface area (Å²) in [6.07, 6.45) is 1.84. The van der Waals surface area contributed by atoms with E-state index >= 15 is 0 Å². The molecule has 29 heavy (non-hydrogen) atoms. The predicted molar refractivity (Wildman–Crippen MR) is 113 cm³/mol. The van der Waals surface area contributed by atoms with Crippen LogP contribution in [-0.2, 0) is 15.8 Å². The quantitative estimate of drug-likeness (QED) is 0.717. The zero-order valence-electron chi connectivity index (χ0n) is 16.9. The Labute approximate surface area is 172 Å². The van der Waals surface area contributed by atoms with Crippen LogP contribution >= 0.6 is 0 Å². The van der Waals surface area contributed by atoms with E-state index in [1.54, 1.807) is 28.6 Å². The number of amides is 1. The van der Waals surface area contributed by atoms with Crippen LogP contribution in [0.15, 0.2) is 48.5 Å². The first kappa shape index (κ1) is 21.3. The number of ether oxygens (including phenoxy) is 1. The highest BCUT2D eigenvalue weighted by Crippen LogP contribution is 2.17. The van der Waals surface area contributed by atoms with Gasteiger partial charge < -0.3 is 10.1 Å². The molecule has 0 radical (unpaired) electrons. The fraction of sp³-hybridized carbons (Fsp3) is 0.409. The highest BCUT2D eigenvalue weighted by atomic mass is 32.2. The van der Waals surface area contributed by atoms with Gasteiger partial charge in [-0.05, 0) is 56.5 Å². The summed E-state index contributed by atoms with van der Waals surface area (Å²) in [5, 5.41) is 2.90. The fourth-order valence-corrected chi connectivity index (χ4v) is 4.84. The zero-order valence-corrected chi connectivity index (χ0v) is 17.7. The zero-order chi connectivity index (χ0) is 20.9. The van der Waals surface area contributed by atoms with Crippen LogP contribution in [0.25, 0.3) is 0 Å². The minimum Gasteiger partial charge on any atom is -0.491 e. The molecule has 2 aromatic carbocycles. The Bertz CT molecular complexity index is 918. The average molecular weight is 417 g/mol. The lowest BCUT2D eigenvalue weighted by Crippen LogP contribution is -2.36. The molecule has 0 saturated carbocycles. The Kier molecular flexibility index (Phi) is 6.92. The fourth-order valence-electron chi connectivity index (χ4n) is 3.23. The number of nitrogens with one attached hydrogen (secondary N) is 1. The van der Waals surface area contributed by atoms with Crippen LogP contribution in [0.3, 0.4) is 0 Å². The van der Waals surface area contributed by atoms with Crippen LogP contribution in [0, 0.1) is 6.92 Å². The maximum Gasteiger partial charge on any atom is 0.251 e. The number of carbonyl (C=O) groups excluding carboxylic acids is 1. The van der Waals surface area contributed by atoms with Crippen molar-refractivity contribution in [3.05, 3.63) is 65.2 Å². The summed E-state index contributed by atoms with van der Waals surface area (Å²) < 4.78 is 32.1. The van der Waals surface area contributed by atoms with Crippen molar-refractivity contribution in [3.8, 4) is 5.75 Å². The molecule has 1 atom stereocenters. The van der Waals surface area contributed by atoms with Crippen molar-refractivity contribution >= 4 is 15.9 Å².